The molecule has 36 heavy (non-hydrogen) atoms. The first-order chi connectivity index (χ1) is 17.3. The highest BCUT2D eigenvalue weighted by Gasteiger charge is 2.54. The summed E-state index contributed by atoms with van der Waals surface area (Å²) >= 11 is 0. The Labute approximate surface area is 202 Å². The number of nitrogens with one attached hydrogen (secondary N) is 1. The number of fused-ring (bicyclic) bond motifs is 6. The van der Waals surface area contributed by atoms with E-state index in [-0.39, 0.29) is 34.1 Å². The molecule has 2 heterocycles. The molecule has 0 aliphatic carbocycles. The van der Waals surface area contributed by atoms with Crippen LogP contribution >= 0.6 is 0 Å². The number of hydrogen-bond donors (Lipinski definition) is 4. The molecule has 1 amide bonds. The topological polar surface area (TPSA) is 191 Å². The largest absolute Gasteiger partial charge is 0.508 e. The fourth-order valence-electron chi connectivity index (χ4n) is 4.46. The Kier molecular flexibility index (Phi) is 5.15. The van der Waals surface area contributed by atoms with E-state index in [0.717, 1.165) is 0 Å². The molecule has 4 N–H and O–H groups in total. The molecule has 2 aliphatic heterocycles. The first-order valence-electron chi connectivity index (χ1n) is 10.5. The molecule has 3 aromatic carbocycles. The van der Waals surface area contributed by atoms with E-state index in [1.165, 1.54) is 48.5 Å². The number of azide groups is 1. The number of phenols is 2. The van der Waals surface area contributed by atoms with Crippen LogP contribution in [0.3, 0.4) is 0 Å². The van der Waals surface area contributed by atoms with E-state index >= 15 is 0 Å². The van der Waals surface area contributed by atoms with Crippen LogP contribution in [0.25, 0.3) is 10.4 Å². The van der Waals surface area contributed by atoms with E-state index in [4.69, 9.17) is 20.1 Å². The average molecular weight is 488 g/mol. The minimum atomic E-state index is -1.55. The van der Waals surface area contributed by atoms with Gasteiger partial charge in [0.2, 0.25) is 0 Å². The van der Waals surface area contributed by atoms with Crippen molar-refractivity contribution in [3.05, 3.63) is 92.9 Å². The Bertz CT molecular complexity index is 1460. The highest BCUT2D eigenvalue weighted by molar-refractivity contribution is 6.09. The summed E-state index contributed by atoms with van der Waals surface area (Å²) in [6.07, 6.45) is 0. The second-order valence-corrected chi connectivity index (χ2v) is 8.03. The molecule has 0 bridgehead atoms. The number of ether oxygens (including phenoxy) is 2. The highest BCUT2D eigenvalue weighted by Crippen LogP contribution is 2.57. The van der Waals surface area contributed by atoms with Gasteiger partial charge < -0.3 is 30.1 Å². The molecular formula is C24H16N4O8. The summed E-state index contributed by atoms with van der Waals surface area (Å²) in [6.45, 7) is -0.500. The highest BCUT2D eigenvalue weighted by atomic mass is 16.6. The molecule has 1 atom stereocenters. The molecule has 0 fully saturated rings. The molecule has 0 saturated carbocycles. The maximum atomic E-state index is 13.3. The average Bonchev–Trinajstić information content (AvgIpc) is 3.14. The third-order valence-electron chi connectivity index (χ3n) is 5.98. The molecule has 180 valence electrons. The number of esters is 1. The van der Waals surface area contributed by atoms with Crippen molar-refractivity contribution in [1.82, 2.24) is 5.32 Å². The van der Waals surface area contributed by atoms with Gasteiger partial charge in [-0.2, -0.15) is 0 Å². The predicted octanol–water partition coefficient (Wildman–Crippen LogP) is 3.16. The number of amides is 1. The van der Waals surface area contributed by atoms with Crippen molar-refractivity contribution in [3.63, 3.8) is 0 Å². The zero-order chi connectivity index (χ0) is 25.6. The van der Waals surface area contributed by atoms with E-state index in [0.29, 0.717) is 16.7 Å². The molecule has 0 aromatic heterocycles. The summed E-state index contributed by atoms with van der Waals surface area (Å²) < 4.78 is 11.8. The van der Waals surface area contributed by atoms with Gasteiger partial charge in [0, 0.05) is 40.3 Å². The second kappa shape index (κ2) is 8.22. The number of rotatable bonds is 5. The number of carbonyl (C=O) groups excluding carboxylic acids is 2. The Morgan fingerprint density at radius 1 is 1.03 bits per heavy atom. The van der Waals surface area contributed by atoms with Gasteiger partial charge in [-0.3, -0.25) is 9.59 Å². The number of carboxylic acid groups (broad SMARTS) is 1. The van der Waals surface area contributed by atoms with Crippen molar-refractivity contribution in [2.45, 2.75) is 11.6 Å². The Morgan fingerprint density at radius 2 is 1.67 bits per heavy atom. The lowest BCUT2D eigenvalue weighted by molar-refractivity contribution is -0.138. The van der Waals surface area contributed by atoms with E-state index in [2.05, 4.69) is 15.3 Å². The number of phenolic OH excluding ortho intramolecular Hbond substituents is 2. The van der Waals surface area contributed by atoms with Crippen molar-refractivity contribution in [2.24, 2.45) is 5.11 Å². The maximum Gasteiger partial charge on any atom is 0.340 e. The zero-order valence-corrected chi connectivity index (χ0v) is 18.2. The van der Waals surface area contributed by atoms with Gasteiger partial charge in [0.25, 0.3) is 5.91 Å². The zero-order valence-electron chi connectivity index (χ0n) is 18.2. The standard InChI is InChI=1S/C24H16N4O8/c25-28-27-17(22(32)33)10-26-21(31)13-2-1-3-16-20(13)23(34)36-24(16)14-6-4-11(29)8-18(14)35-19-9-12(30)5-7-15(19)24/h1-9,17,29-30H,10H2,(H,26,31)(H,32,33). The van der Waals surface area contributed by atoms with Gasteiger partial charge in [-0.1, -0.05) is 17.2 Å². The molecule has 12 nitrogen and oxygen atoms in total. The van der Waals surface area contributed by atoms with Crippen LogP contribution in [0.5, 0.6) is 23.0 Å². The summed E-state index contributed by atoms with van der Waals surface area (Å²) in [5.74, 6) is -2.85. The van der Waals surface area contributed by atoms with Crippen molar-refractivity contribution in [1.29, 1.82) is 0 Å². The molecule has 1 unspecified atom stereocenters. The molecular weight excluding hydrogens is 472 g/mol. The Morgan fingerprint density at radius 3 is 2.25 bits per heavy atom. The van der Waals surface area contributed by atoms with Crippen molar-refractivity contribution >= 4 is 17.8 Å². The number of benzene rings is 3. The lowest BCUT2D eigenvalue weighted by Crippen LogP contribution is -2.36. The molecule has 0 radical (unpaired) electrons. The Balaban J connectivity index is 1.65. The number of aliphatic carboxylic acids is 1. The van der Waals surface area contributed by atoms with E-state index in [9.17, 15) is 24.6 Å². The first-order valence-corrected chi connectivity index (χ1v) is 10.5. The molecule has 0 saturated heterocycles. The van der Waals surface area contributed by atoms with Crippen LogP contribution < -0.4 is 10.1 Å². The maximum absolute atomic E-state index is 13.3. The minimum Gasteiger partial charge on any atom is -0.508 e. The summed E-state index contributed by atoms with van der Waals surface area (Å²) in [4.78, 5) is 39.9. The lowest BCUT2D eigenvalue weighted by Gasteiger charge is -2.36. The number of carboxylic acids is 1. The van der Waals surface area contributed by atoms with Crippen LogP contribution in [0.4, 0.5) is 0 Å². The van der Waals surface area contributed by atoms with Gasteiger partial charge in [-0.25, -0.2) is 4.79 Å². The van der Waals surface area contributed by atoms with Crippen molar-refractivity contribution < 1.29 is 39.2 Å². The predicted molar refractivity (Wildman–Crippen MR) is 121 cm³/mol. The van der Waals surface area contributed by atoms with E-state index < -0.39 is 36.0 Å². The molecule has 3 aromatic rings. The van der Waals surface area contributed by atoms with Crippen LogP contribution in [0.2, 0.25) is 0 Å². The summed E-state index contributed by atoms with van der Waals surface area (Å²) in [5, 5.41) is 34.7. The van der Waals surface area contributed by atoms with Crippen LogP contribution in [0.1, 0.15) is 37.4 Å². The van der Waals surface area contributed by atoms with Gasteiger partial charge >= 0.3 is 11.9 Å². The van der Waals surface area contributed by atoms with E-state index in [1.54, 1.807) is 6.07 Å². The van der Waals surface area contributed by atoms with Gasteiger partial charge in [-0.05, 0) is 35.9 Å². The summed E-state index contributed by atoms with van der Waals surface area (Å²) in [7, 11) is 0. The first kappa shape index (κ1) is 22.6. The van der Waals surface area contributed by atoms with Gasteiger partial charge in [-0.15, -0.1) is 0 Å². The van der Waals surface area contributed by atoms with Crippen LogP contribution in [-0.4, -0.2) is 45.8 Å². The molecule has 2 aliphatic rings. The number of nitrogens with zero attached hydrogens (tertiary/aromatic N) is 3. The van der Waals surface area contributed by atoms with E-state index in [1.807, 2.05) is 0 Å². The summed E-state index contributed by atoms with van der Waals surface area (Å²) in [6, 6.07) is 11.5. The summed E-state index contributed by atoms with van der Waals surface area (Å²) in [5.41, 5.74) is 7.95. The number of carbonyl (C=O) groups is 3. The molecule has 1 spiro atoms. The van der Waals surface area contributed by atoms with Crippen molar-refractivity contribution in [3.8, 4) is 23.0 Å². The Hall–Kier alpha value is -5.22. The van der Waals surface area contributed by atoms with Crippen molar-refractivity contribution in [2.75, 3.05) is 6.54 Å². The van der Waals surface area contributed by atoms with Gasteiger partial charge in [0.05, 0.1) is 11.1 Å². The fraction of sp³-hybridized carbons (Fsp3) is 0.125. The molecule has 12 heteroatoms. The number of hydrogen-bond acceptors (Lipinski definition) is 8. The smallest absolute Gasteiger partial charge is 0.340 e. The lowest BCUT2D eigenvalue weighted by atomic mass is 9.77. The van der Waals surface area contributed by atoms with Crippen LogP contribution in [-0.2, 0) is 15.1 Å². The minimum absolute atomic E-state index is 0.0504. The van der Waals surface area contributed by atoms with Crippen LogP contribution in [0, 0.1) is 0 Å². The van der Waals surface area contributed by atoms with Gasteiger partial charge in [0.15, 0.2) is 11.6 Å². The third kappa shape index (κ3) is 3.32. The number of aromatic hydroxyl groups is 2. The fourth-order valence-corrected chi connectivity index (χ4v) is 4.46. The second-order valence-electron chi connectivity index (χ2n) is 8.03. The normalized spacial score (nSPS) is 14.8. The quantitative estimate of drug-likeness (QED) is 0.182. The van der Waals surface area contributed by atoms with Crippen LogP contribution in [0.15, 0.2) is 59.7 Å². The van der Waals surface area contributed by atoms with Gasteiger partial charge in [0.1, 0.15) is 23.0 Å². The monoisotopic (exact) mass is 488 g/mol. The SMILES string of the molecule is [N-]=[N+]=NC(CNC(=O)c1cccc2c1C(=O)OC21c2ccc(O)cc2Oc2cc(O)ccc21)C(=O)O. The third-order valence-corrected chi connectivity index (χ3v) is 5.98. The molecule has 5 rings (SSSR count).